The molecule has 0 radical (unpaired) electrons. The van der Waals surface area contributed by atoms with E-state index in [1.165, 1.54) is 13.3 Å². The number of halogens is 5. The van der Waals surface area contributed by atoms with Crippen molar-refractivity contribution in [3.05, 3.63) is 100 Å². The number of hydrogen-bond donors (Lipinski definition) is 2. The lowest BCUT2D eigenvalue weighted by Crippen LogP contribution is -2.49. The molecule has 3 rings (SSSR count). The van der Waals surface area contributed by atoms with Crippen LogP contribution in [0.1, 0.15) is 22.4 Å². The van der Waals surface area contributed by atoms with E-state index in [2.05, 4.69) is 10.3 Å². The molecule has 1 aromatic heterocycles. The van der Waals surface area contributed by atoms with Crippen LogP contribution in [0.15, 0.2) is 66.9 Å². The van der Waals surface area contributed by atoms with E-state index in [0.29, 0.717) is 16.8 Å². The van der Waals surface area contributed by atoms with Crippen molar-refractivity contribution < 1.29 is 27.4 Å². The molecule has 0 bridgehead atoms. The van der Waals surface area contributed by atoms with Crippen molar-refractivity contribution in [3.63, 3.8) is 0 Å². The van der Waals surface area contributed by atoms with Gasteiger partial charge >= 0.3 is 6.18 Å². The topological polar surface area (TPSA) is 54.4 Å². The minimum atomic E-state index is -4.75. The van der Waals surface area contributed by atoms with Gasteiger partial charge in [-0.2, -0.15) is 13.2 Å². The molecule has 176 valence electrons. The Hall–Kier alpha value is -2.52. The van der Waals surface area contributed by atoms with Gasteiger partial charge in [0.05, 0.1) is 34.5 Å². The molecule has 0 saturated heterocycles. The average molecular weight is 483 g/mol. The van der Waals surface area contributed by atoms with Gasteiger partial charge in [-0.25, -0.2) is 4.39 Å². The molecular formula is C24H23ClF4N2O2. The van der Waals surface area contributed by atoms with Gasteiger partial charge in [-0.05, 0) is 41.5 Å². The van der Waals surface area contributed by atoms with E-state index in [0.717, 1.165) is 17.7 Å². The number of methoxy groups -OCH3 is 1. The molecular weight excluding hydrogens is 460 g/mol. The summed E-state index contributed by atoms with van der Waals surface area (Å²) in [7, 11) is 1.42. The third kappa shape index (κ3) is 6.29. The zero-order valence-corrected chi connectivity index (χ0v) is 18.5. The van der Waals surface area contributed by atoms with Gasteiger partial charge in [0.15, 0.2) is 0 Å². The third-order valence-corrected chi connectivity index (χ3v) is 5.42. The van der Waals surface area contributed by atoms with Gasteiger partial charge in [-0.3, -0.25) is 10.3 Å². The first-order chi connectivity index (χ1) is 15.6. The SMILES string of the molecule is COC[C@H](O)CN[C@@](Cc1ccccc1)(c1cc(F)cc(C(F)(F)F)c1)c1ccc(Cl)cn1. The molecule has 0 spiro atoms. The molecule has 2 N–H and O–H groups in total. The number of pyridine rings is 1. The smallest absolute Gasteiger partial charge is 0.389 e. The molecule has 0 unspecified atom stereocenters. The summed E-state index contributed by atoms with van der Waals surface area (Å²) in [6, 6.07) is 14.5. The highest BCUT2D eigenvalue weighted by Gasteiger charge is 2.39. The minimum Gasteiger partial charge on any atom is -0.389 e. The highest BCUT2D eigenvalue weighted by Crippen LogP contribution is 2.37. The Kier molecular flexibility index (Phi) is 8.07. The maximum atomic E-state index is 14.5. The fourth-order valence-corrected chi connectivity index (χ4v) is 3.78. The number of nitrogens with zero attached hydrogens (tertiary/aromatic N) is 1. The van der Waals surface area contributed by atoms with Gasteiger partial charge in [0.25, 0.3) is 0 Å². The van der Waals surface area contributed by atoms with Gasteiger partial charge < -0.3 is 9.84 Å². The van der Waals surface area contributed by atoms with Gasteiger partial charge in [0, 0.05) is 26.3 Å². The summed E-state index contributed by atoms with van der Waals surface area (Å²) in [6.45, 7) is -0.0533. The Bertz CT molecular complexity index is 1050. The molecule has 9 heteroatoms. The first-order valence-corrected chi connectivity index (χ1v) is 10.5. The van der Waals surface area contributed by atoms with E-state index in [4.69, 9.17) is 16.3 Å². The second kappa shape index (κ2) is 10.6. The molecule has 0 amide bonds. The van der Waals surface area contributed by atoms with Crippen molar-refractivity contribution in [2.75, 3.05) is 20.3 Å². The van der Waals surface area contributed by atoms with Crippen molar-refractivity contribution in [2.24, 2.45) is 0 Å². The Morgan fingerprint density at radius 2 is 1.76 bits per heavy atom. The van der Waals surface area contributed by atoms with E-state index >= 15 is 0 Å². The van der Waals surface area contributed by atoms with Gasteiger partial charge in [0.2, 0.25) is 0 Å². The molecule has 33 heavy (non-hydrogen) atoms. The fourth-order valence-electron chi connectivity index (χ4n) is 3.67. The van der Waals surface area contributed by atoms with Crippen LogP contribution >= 0.6 is 11.6 Å². The van der Waals surface area contributed by atoms with E-state index in [1.54, 1.807) is 24.3 Å². The van der Waals surface area contributed by atoms with E-state index < -0.39 is 29.2 Å². The van der Waals surface area contributed by atoms with Crippen LogP contribution in [-0.4, -0.2) is 36.5 Å². The highest BCUT2D eigenvalue weighted by atomic mass is 35.5. The van der Waals surface area contributed by atoms with Crippen LogP contribution in [0.2, 0.25) is 5.02 Å². The number of nitrogens with one attached hydrogen (secondary N) is 1. The van der Waals surface area contributed by atoms with Crippen molar-refractivity contribution in [2.45, 2.75) is 24.2 Å². The summed E-state index contributed by atoms with van der Waals surface area (Å²) >= 11 is 6.00. The van der Waals surface area contributed by atoms with Crippen LogP contribution in [0.3, 0.4) is 0 Å². The quantitative estimate of drug-likeness (QED) is 0.423. The number of alkyl halides is 3. The Morgan fingerprint density at radius 1 is 1.06 bits per heavy atom. The van der Waals surface area contributed by atoms with Crippen LogP contribution in [0.5, 0.6) is 0 Å². The standard InChI is InChI=1S/C24H23ClF4N2O2/c1-33-15-21(32)14-31-23(12-16-5-3-2-4-6-16,22-8-7-19(25)13-30-22)17-9-18(24(27,28)29)11-20(26)10-17/h2-11,13,21,31-32H,12,14-15H2,1H3/t21-,23+/m1/s1. The minimum absolute atomic E-state index is 0.000580. The molecule has 1 heterocycles. The summed E-state index contributed by atoms with van der Waals surface area (Å²) < 4.78 is 60.1. The maximum absolute atomic E-state index is 14.5. The third-order valence-electron chi connectivity index (χ3n) is 5.19. The molecule has 2 atom stereocenters. The molecule has 0 saturated carbocycles. The second-order valence-electron chi connectivity index (χ2n) is 7.65. The number of benzene rings is 2. The Labute approximate surface area is 194 Å². The molecule has 0 aliphatic rings. The van der Waals surface area contributed by atoms with Crippen LogP contribution < -0.4 is 5.32 Å². The molecule has 0 aliphatic heterocycles. The number of aromatic nitrogens is 1. The average Bonchev–Trinajstić information content (AvgIpc) is 2.77. The second-order valence-corrected chi connectivity index (χ2v) is 8.08. The van der Waals surface area contributed by atoms with E-state index in [-0.39, 0.29) is 25.1 Å². The zero-order chi connectivity index (χ0) is 24.1. The van der Waals surface area contributed by atoms with Gasteiger partial charge in [0.1, 0.15) is 5.82 Å². The Morgan fingerprint density at radius 3 is 2.36 bits per heavy atom. The van der Waals surface area contributed by atoms with Crippen LogP contribution in [0.4, 0.5) is 17.6 Å². The predicted octanol–water partition coefficient (Wildman–Crippen LogP) is 4.98. The highest BCUT2D eigenvalue weighted by molar-refractivity contribution is 6.30. The predicted molar refractivity (Wildman–Crippen MR) is 117 cm³/mol. The van der Waals surface area contributed by atoms with Crippen molar-refractivity contribution in [1.29, 1.82) is 0 Å². The Balaban J connectivity index is 2.23. The lowest BCUT2D eigenvalue weighted by molar-refractivity contribution is -0.137. The normalized spacial score (nSPS) is 14.6. The lowest BCUT2D eigenvalue weighted by Gasteiger charge is -2.37. The summed E-state index contributed by atoms with van der Waals surface area (Å²) in [5.41, 5.74) is -1.44. The number of hydrogen-bond acceptors (Lipinski definition) is 4. The maximum Gasteiger partial charge on any atom is 0.416 e. The van der Waals surface area contributed by atoms with E-state index in [9.17, 15) is 22.7 Å². The number of aliphatic hydroxyl groups is 1. The van der Waals surface area contributed by atoms with Crippen LogP contribution in [0.25, 0.3) is 0 Å². The van der Waals surface area contributed by atoms with Crippen molar-refractivity contribution in [3.8, 4) is 0 Å². The van der Waals surface area contributed by atoms with Crippen LogP contribution in [0, 0.1) is 5.82 Å². The van der Waals surface area contributed by atoms with Crippen LogP contribution in [-0.2, 0) is 22.9 Å². The van der Waals surface area contributed by atoms with Gasteiger partial charge in [-0.15, -0.1) is 0 Å². The largest absolute Gasteiger partial charge is 0.416 e. The monoisotopic (exact) mass is 482 g/mol. The molecule has 3 aromatic rings. The molecule has 4 nitrogen and oxygen atoms in total. The zero-order valence-electron chi connectivity index (χ0n) is 17.7. The van der Waals surface area contributed by atoms with Crippen molar-refractivity contribution in [1.82, 2.24) is 10.3 Å². The summed E-state index contributed by atoms with van der Waals surface area (Å²) in [6.07, 6.45) is -4.22. The first kappa shape index (κ1) is 25.1. The molecule has 2 aromatic carbocycles. The van der Waals surface area contributed by atoms with Crippen molar-refractivity contribution >= 4 is 11.6 Å². The van der Waals surface area contributed by atoms with Gasteiger partial charge in [-0.1, -0.05) is 41.9 Å². The first-order valence-electron chi connectivity index (χ1n) is 10.1. The number of aliphatic hydroxyl groups excluding tert-OH is 1. The summed E-state index contributed by atoms with van der Waals surface area (Å²) in [5.74, 6) is -1.04. The molecule has 0 aliphatic carbocycles. The summed E-state index contributed by atoms with van der Waals surface area (Å²) in [4.78, 5) is 4.36. The van der Waals surface area contributed by atoms with E-state index in [1.807, 2.05) is 18.2 Å². The lowest BCUT2D eigenvalue weighted by atomic mass is 9.79. The summed E-state index contributed by atoms with van der Waals surface area (Å²) in [5, 5.41) is 13.8. The molecule has 0 fully saturated rings. The number of ether oxygens (including phenoxy) is 1. The number of rotatable bonds is 9. The fraction of sp³-hybridized carbons (Fsp3) is 0.292.